The van der Waals surface area contributed by atoms with E-state index >= 15 is 0 Å². The van der Waals surface area contributed by atoms with E-state index in [0.29, 0.717) is 45.1 Å². The van der Waals surface area contributed by atoms with Crippen LogP contribution in [0.2, 0.25) is 0 Å². The number of carbonyl (C=O) groups is 1. The predicted octanol–water partition coefficient (Wildman–Crippen LogP) is 0.733. The zero-order valence-electron chi connectivity index (χ0n) is 15.1. The van der Waals surface area contributed by atoms with Crippen molar-refractivity contribution in [1.82, 2.24) is 9.80 Å². The summed E-state index contributed by atoms with van der Waals surface area (Å²) in [6, 6.07) is 0. The first kappa shape index (κ1) is 18.1. The lowest BCUT2D eigenvalue weighted by Crippen LogP contribution is -2.50. The summed E-state index contributed by atoms with van der Waals surface area (Å²) in [5.74, 6) is 0.570. The van der Waals surface area contributed by atoms with E-state index in [9.17, 15) is 9.90 Å². The van der Waals surface area contributed by atoms with Gasteiger partial charge in [-0.2, -0.15) is 0 Å². The molecular weight excluding hydrogens is 308 g/mol. The standard InChI is InChI=1S/C18H32N2O4/c1-19-8-3-14(4-9-19)16-15(5-10-24-16)17(21)20(2)13-18(22)6-11-23-12-7-18/h14-16,22H,3-13H2,1-2H3/t15-,16+/m0/s1. The highest BCUT2D eigenvalue weighted by molar-refractivity contribution is 5.79. The topological polar surface area (TPSA) is 62.2 Å². The van der Waals surface area contributed by atoms with Gasteiger partial charge in [-0.3, -0.25) is 4.79 Å². The molecule has 0 radical (unpaired) electrons. The second-order valence-electron chi connectivity index (χ2n) is 7.90. The van der Waals surface area contributed by atoms with Crippen molar-refractivity contribution in [2.24, 2.45) is 11.8 Å². The van der Waals surface area contributed by atoms with Crippen LogP contribution in [-0.4, -0.2) is 86.1 Å². The fourth-order valence-electron chi connectivity index (χ4n) is 4.41. The Kier molecular flexibility index (Phi) is 5.80. The Morgan fingerprint density at radius 2 is 1.88 bits per heavy atom. The molecule has 3 saturated heterocycles. The van der Waals surface area contributed by atoms with Gasteiger partial charge in [-0.05, 0) is 45.3 Å². The van der Waals surface area contributed by atoms with Crippen LogP contribution in [0.1, 0.15) is 32.1 Å². The summed E-state index contributed by atoms with van der Waals surface area (Å²) in [4.78, 5) is 17.0. The van der Waals surface area contributed by atoms with Crippen molar-refractivity contribution in [3.05, 3.63) is 0 Å². The highest BCUT2D eigenvalue weighted by atomic mass is 16.5. The third-order valence-electron chi connectivity index (χ3n) is 6.01. The number of nitrogens with zero attached hydrogens (tertiary/aromatic N) is 2. The second kappa shape index (κ2) is 7.68. The summed E-state index contributed by atoms with van der Waals surface area (Å²) >= 11 is 0. The molecule has 3 aliphatic rings. The molecule has 1 amide bonds. The van der Waals surface area contributed by atoms with Gasteiger partial charge in [-0.1, -0.05) is 0 Å². The average molecular weight is 340 g/mol. The summed E-state index contributed by atoms with van der Waals surface area (Å²) < 4.78 is 11.3. The van der Waals surface area contributed by atoms with Crippen molar-refractivity contribution in [3.63, 3.8) is 0 Å². The lowest BCUT2D eigenvalue weighted by molar-refractivity contribution is -0.143. The summed E-state index contributed by atoms with van der Waals surface area (Å²) in [7, 11) is 3.97. The number of piperidine rings is 1. The van der Waals surface area contributed by atoms with Gasteiger partial charge in [0.25, 0.3) is 0 Å². The third kappa shape index (κ3) is 4.10. The molecule has 0 aromatic carbocycles. The van der Waals surface area contributed by atoms with Crippen LogP contribution in [0.15, 0.2) is 0 Å². The number of likely N-dealkylation sites (N-methyl/N-ethyl adjacent to an activating group) is 1. The first-order valence-corrected chi connectivity index (χ1v) is 9.34. The normalized spacial score (nSPS) is 32.0. The molecule has 0 aromatic rings. The fraction of sp³-hybridized carbons (Fsp3) is 0.944. The Morgan fingerprint density at radius 3 is 2.54 bits per heavy atom. The molecule has 138 valence electrons. The van der Waals surface area contributed by atoms with E-state index < -0.39 is 5.60 Å². The molecule has 3 aliphatic heterocycles. The number of aliphatic hydroxyl groups is 1. The number of rotatable bonds is 4. The highest BCUT2D eigenvalue weighted by Crippen LogP contribution is 2.34. The zero-order valence-corrected chi connectivity index (χ0v) is 15.1. The van der Waals surface area contributed by atoms with Gasteiger partial charge in [0.2, 0.25) is 5.91 Å². The van der Waals surface area contributed by atoms with Crippen molar-refractivity contribution in [1.29, 1.82) is 0 Å². The van der Waals surface area contributed by atoms with Gasteiger partial charge in [-0.15, -0.1) is 0 Å². The Bertz CT molecular complexity index is 431. The maximum Gasteiger partial charge on any atom is 0.228 e. The van der Waals surface area contributed by atoms with Crippen molar-refractivity contribution in [3.8, 4) is 0 Å². The minimum Gasteiger partial charge on any atom is -0.388 e. The first-order valence-electron chi connectivity index (χ1n) is 9.34. The predicted molar refractivity (Wildman–Crippen MR) is 90.7 cm³/mol. The smallest absolute Gasteiger partial charge is 0.228 e. The quantitative estimate of drug-likeness (QED) is 0.818. The van der Waals surface area contributed by atoms with Crippen LogP contribution in [0.5, 0.6) is 0 Å². The summed E-state index contributed by atoms with van der Waals surface area (Å²) in [5, 5.41) is 10.7. The highest BCUT2D eigenvalue weighted by Gasteiger charge is 2.42. The maximum absolute atomic E-state index is 13.0. The minimum atomic E-state index is -0.800. The molecule has 0 spiro atoms. The molecule has 0 bridgehead atoms. The van der Waals surface area contributed by atoms with Crippen molar-refractivity contribution >= 4 is 5.91 Å². The molecule has 1 N–H and O–H groups in total. The molecule has 24 heavy (non-hydrogen) atoms. The van der Waals surface area contributed by atoms with Crippen LogP contribution < -0.4 is 0 Å². The van der Waals surface area contributed by atoms with Crippen molar-refractivity contribution < 1.29 is 19.4 Å². The molecule has 3 rings (SSSR count). The average Bonchev–Trinajstić information content (AvgIpc) is 3.04. The molecule has 6 nitrogen and oxygen atoms in total. The molecule has 0 saturated carbocycles. The van der Waals surface area contributed by atoms with Gasteiger partial charge in [0.15, 0.2) is 0 Å². The van der Waals surface area contributed by atoms with Crippen molar-refractivity contribution in [2.45, 2.75) is 43.8 Å². The van der Waals surface area contributed by atoms with Crippen LogP contribution in [-0.2, 0) is 14.3 Å². The largest absolute Gasteiger partial charge is 0.388 e. The minimum absolute atomic E-state index is 0.0492. The van der Waals surface area contributed by atoms with Gasteiger partial charge >= 0.3 is 0 Å². The monoisotopic (exact) mass is 340 g/mol. The molecule has 3 fully saturated rings. The van der Waals surface area contributed by atoms with E-state index in [1.807, 2.05) is 7.05 Å². The van der Waals surface area contributed by atoms with Gasteiger partial charge in [-0.25, -0.2) is 0 Å². The van der Waals surface area contributed by atoms with Crippen LogP contribution in [0.25, 0.3) is 0 Å². The van der Waals surface area contributed by atoms with Crippen molar-refractivity contribution in [2.75, 3.05) is 53.6 Å². The molecular formula is C18H32N2O4. The fourth-order valence-corrected chi connectivity index (χ4v) is 4.41. The summed E-state index contributed by atoms with van der Waals surface area (Å²) in [6.07, 6.45) is 4.28. The molecule has 2 atom stereocenters. The van der Waals surface area contributed by atoms with E-state index in [2.05, 4.69) is 11.9 Å². The van der Waals surface area contributed by atoms with E-state index in [0.717, 1.165) is 32.4 Å². The number of hydrogen-bond acceptors (Lipinski definition) is 5. The first-order chi connectivity index (χ1) is 11.5. The molecule has 3 heterocycles. The van der Waals surface area contributed by atoms with Gasteiger partial charge in [0, 0.05) is 46.3 Å². The Balaban J connectivity index is 1.58. The van der Waals surface area contributed by atoms with Crippen LogP contribution in [0, 0.1) is 11.8 Å². The van der Waals surface area contributed by atoms with Crippen LogP contribution >= 0.6 is 0 Å². The number of likely N-dealkylation sites (tertiary alicyclic amines) is 1. The molecule has 0 aromatic heterocycles. The summed E-state index contributed by atoms with van der Waals surface area (Å²) in [5.41, 5.74) is -0.800. The SMILES string of the molecule is CN1CCC([C@H]2OCC[C@@H]2C(=O)N(C)CC2(O)CCOCC2)CC1. The second-order valence-corrected chi connectivity index (χ2v) is 7.90. The number of ether oxygens (including phenoxy) is 2. The number of carbonyl (C=O) groups excluding carboxylic acids is 1. The van der Waals surface area contributed by atoms with E-state index in [4.69, 9.17) is 9.47 Å². The van der Waals surface area contributed by atoms with Gasteiger partial charge < -0.3 is 24.4 Å². The number of hydrogen-bond donors (Lipinski definition) is 1. The Hall–Kier alpha value is -0.690. The lowest BCUT2D eigenvalue weighted by Gasteiger charge is -2.38. The van der Waals surface area contributed by atoms with Crippen LogP contribution in [0.3, 0.4) is 0 Å². The summed E-state index contributed by atoms with van der Waals surface area (Å²) in [6.45, 7) is 4.39. The van der Waals surface area contributed by atoms with E-state index in [-0.39, 0.29) is 17.9 Å². The molecule has 6 heteroatoms. The van der Waals surface area contributed by atoms with Crippen LogP contribution in [0.4, 0.5) is 0 Å². The lowest BCUT2D eigenvalue weighted by atomic mass is 9.83. The number of amides is 1. The van der Waals surface area contributed by atoms with E-state index in [1.54, 1.807) is 4.90 Å². The van der Waals surface area contributed by atoms with Gasteiger partial charge in [0.1, 0.15) is 0 Å². The van der Waals surface area contributed by atoms with Gasteiger partial charge in [0.05, 0.1) is 17.6 Å². The maximum atomic E-state index is 13.0. The zero-order chi connectivity index (χ0) is 17.2. The van der Waals surface area contributed by atoms with E-state index in [1.165, 1.54) is 0 Å². The Labute approximate surface area is 145 Å². The third-order valence-corrected chi connectivity index (χ3v) is 6.01. The molecule has 0 unspecified atom stereocenters. The Morgan fingerprint density at radius 1 is 1.21 bits per heavy atom. The molecule has 0 aliphatic carbocycles.